The van der Waals surface area contributed by atoms with Crippen molar-refractivity contribution in [2.24, 2.45) is 11.7 Å². The number of likely N-dealkylation sites (tertiary alicyclic amines) is 1. The summed E-state index contributed by atoms with van der Waals surface area (Å²) in [5, 5.41) is 0.637. The van der Waals surface area contributed by atoms with Crippen LogP contribution in [-0.2, 0) is 4.79 Å². The quantitative estimate of drug-likeness (QED) is 0.861. The zero-order valence-corrected chi connectivity index (χ0v) is 15.7. The number of halogens is 1. The maximum Gasteiger partial charge on any atom is 0.268 e. The van der Waals surface area contributed by atoms with Gasteiger partial charge in [-0.15, -0.1) is 0 Å². The van der Waals surface area contributed by atoms with E-state index in [1.807, 2.05) is 42.2 Å². The van der Waals surface area contributed by atoms with Crippen molar-refractivity contribution in [2.75, 3.05) is 13.1 Å². The van der Waals surface area contributed by atoms with Crippen LogP contribution in [0.2, 0.25) is 5.02 Å². The van der Waals surface area contributed by atoms with Crippen molar-refractivity contribution < 1.29 is 9.53 Å². The Labute approximate surface area is 159 Å². The van der Waals surface area contributed by atoms with Gasteiger partial charge in [-0.05, 0) is 49.9 Å². The van der Waals surface area contributed by atoms with Gasteiger partial charge in [-0.25, -0.2) is 0 Å². The van der Waals surface area contributed by atoms with Crippen LogP contribution in [0.25, 0.3) is 0 Å². The van der Waals surface area contributed by atoms with E-state index in [0.717, 1.165) is 31.5 Å². The zero-order chi connectivity index (χ0) is 18.5. The SMILES string of the molecule is CC(N)C1CCN(C(=O)C(Oc2ccc(Cl)cc2)c2ccccc2)CC1. The Balaban J connectivity index is 1.77. The van der Waals surface area contributed by atoms with Crippen LogP contribution in [0.4, 0.5) is 0 Å². The summed E-state index contributed by atoms with van der Waals surface area (Å²) in [6.07, 6.45) is 1.21. The van der Waals surface area contributed by atoms with Gasteiger partial charge in [-0.3, -0.25) is 4.79 Å². The molecule has 2 N–H and O–H groups in total. The summed E-state index contributed by atoms with van der Waals surface area (Å²) in [6, 6.07) is 16.9. The average molecular weight is 373 g/mol. The lowest BCUT2D eigenvalue weighted by atomic mass is 9.90. The first kappa shape index (κ1) is 18.7. The van der Waals surface area contributed by atoms with Crippen molar-refractivity contribution in [3.8, 4) is 5.75 Å². The van der Waals surface area contributed by atoms with Gasteiger partial charge >= 0.3 is 0 Å². The van der Waals surface area contributed by atoms with E-state index in [9.17, 15) is 4.79 Å². The zero-order valence-electron chi connectivity index (χ0n) is 15.0. The number of nitrogens with two attached hydrogens (primary N) is 1. The summed E-state index contributed by atoms with van der Waals surface area (Å²) >= 11 is 5.95. The van der Waals surface area contributed by atoms with Crippen LogP contribution in [-0.4, -0.2) is 29.9 Å². The van der Waals surface area contributed by atoms with Crippen molar-refractivity contribution in [1.29, 1.82) is 0 Å². The second kappa shape index (κ2) is 8.56. The number of amides is 1. The topological polar surface area (TPSA) is 55.6 Å². The molecule has 2 atom stereocenters. The molecule has 2 aromatic carbocycles. The van der Waals surface area contributed by atoms with Crippen molar-refractivity contribution in [2.45, 2.75) is 31.9 Å². The largest absolute Gasteiger partial charge is 0.476 e. The number of hydrogen-bond donors (Lipinski definition) is 1. The molecule has 0 bridgehead atoms. The Morgan fingerprint density at radius 2 is 1.73 bits per heavy atom. The lowest BCUT2D eigenvalue weighted by Gasteiger charge is -2.35. The molecule has 26 heavy (non-hydrogen) atoms. The highest BCUT2D eigenvalue weighted by Gasteiger charge is 2.31. The molecule has 0 aliphatic carbocycles. The van der Waals surface area contributed by atoms with Crippen LogP contribution in [0.5, 0.6) is 5.75 Å². The smallest absolute Gasteiger partial charge is 0.268 e. The second-order valence-corrected chi connectivity index (χ2v) is 7.32. The highest BCUT2D eigenvalue weighted by atomic mass is 35.5. The molecule has 1 saturated heterocycles. The Morgan fingerprint density at radius 3 is 2.31 bits per heavy atom. The minimum absolute atomic E-state index is 0.00530. The molecule has 1 fully saturated rings. The van der Waals surface area contributed by atoms with Gasteiger partial charge in [0.05, 0.1) is 0 Å². The molecule has 0 aromatic heterocycles. The lowest BCUT2D eigenvalue weighted by Crippen LogP contribution is -2.45. The molecule has 1 heterocycles. The molecule has 3 rings (SSSR count). The molecule has 2 aromatic rings. The second-order valence-electron chi connectivity index (χ2n) is 6.88. The third-order valence-corrected chi connectivity index (χ3v) is 5.24. The van der Waals surface area contributed by atoms with E-state index in [0.29, 0.717) is 16.7 Å². The molecular formula is C21H25ClN2O2. The first-order valence-electron chi connectivity index (χ1n) is 9.06. The summed E-state index contributed by atoms with van der Waals surface area (Å²) in [4.78, 5) is 15.1. The molecule has 0 saturated carbocycles. The number of piperidine rings is 1. The van der Waals surface area contributed by atoms with E-state index in [1.165, 1.54) is 0 Å². The highest BCUT2D eigenvalue weighted by Crippen LogP contribution is 2.28. The summed E-state index contributed by atoms with van der Waals surface area (Å²) < 4.78 is 6.07. The normalized spacial score (nSPS) is 17.6. The predicted molar refractivity (Wildman–Crippen MR) is 104 cm³/mol. The molecule has 4 nitrogen and oxygen atoms in total. The number of carbonyl (C=O) groups excluding carboxylic acids is 1. The molecule has 0 spiro atoms. The van der Waals surface area contributed by atoms with E-state index in [2.05, 4.69) is 0 Å². The van der Waals surface area contributed by atoms with Gasteiger partial charge in [0.15, 0.2) is 0 Å². The number of ether oxygens (including phenoxy) is 1. The fourth-order valence-electron chi connectivity index (χ4n) is 3.35. The van der Waals surface area contributed by atoms with Gasteiger partial charge in [-0.2, -0.15) is 0 Å². The third-order valence-electron chi connectivity index (χ3n) is 4.99. The van der Waals surface area contributed by atoms with Crippen LogP contribution >= 0.6 is 11.6 Å². The number of nitrogens with zero attached hydrogens (tertiary/aromatic N) is 1. The Hall–Kier alpha value is -2.04. The fourth-order valence-corrected chi connectivity index (χ4v) is 3.48. The summed E-state index contributed by atoms with van der Waals surface area (Å²) in [5.74, 6) is 1.10. The maximum absolute atomic E-state index is 13.2. The van der Waals surface area contributed by atoms with Gasteiger partial charge in [0.25, 0.3) is 5.91 Å². The molecule has 2 unspecified atom stereocenters. The first-order chi connectivity index (χ1) is 12.5. The number of benzene rings is 2. The van der Waals surface area contributed by atoms with Crippen molar-refractivity contribution in [3.63, 3.8) is 0 Å². The number of rotatable bonds is 5. The molecule has 1 amide bonds. The summed E-state index contributed by atoms with van der Waals surface area (Å²) in [7, 11) is 0. The van der Waals surface area contributed by atoms with Crippen molar-refractivity contribution in [3.05, 3.63) is 65.2 Å². The Kier molecular flexibility index (Phi) is 6.17. The summed E-state index contributed by atoms with van der Waals surface area (Å²) in [5.41, 5.74) is 6.86. The highest BCUT2D eigenvalue weighted by molar-refractivity contribution is 6.30. The maximum atomic E-state index is 13.2. The molecule has 1 aliphatic heterocycles. The lowest BCUT2D eigenvalue weighted by molar-refractivity contribution is -0.140. The number of carbonyl (C=O) groups is 1. The van der Waals surface area contributed by atoms with Gasteiger partial charge in [0.2, 0.25) is 6.10 Å². The van der Waals surface area contributed by atoms with Crippen LogP contribution in [0, 0.1) is 5.92 Å². The van der Waals surface area contributed by atoms with Crippen LogP contribution in [0.15, 0.2) is 54.6 Å². The standard InChI is InChI=1S/C21H25ClN2O2/c1-15(23)16-11-13-24(14-12-16)21(25)20(17-5-3-2-4-6-17)26-19-9-7-18(22)8-10-19/h2-10,15-16,20H,11-14,23H2,1H3. The molecular weight excluding hydrogens is 348 g/mol. The molecule has 1 aliphatic rings. The van der Waals surface area contributed by atoms with Gasteiger partial charge < -0.3 is 15.4 Å². The van der Waals surface area contributed by atoms with Gasteiger partial charge in [0.1, 0.15) is 5.75 Å². The van der Waals surface area contributed by atoms with Crippen LogP contribution in [0.1, 0.15) is 31.4 Å². The Morgan fingerprint density at radius 1 is 1.12 bits per heavy atom. The van der Waals surface area contributed by atoms with Crippen molar-refractivity contribution >= 4 is 17.5 Å². The van der Waals surface area contributed by atoms with E-state index in [1.54, 1.807) is 24.3 Å². The number of hydrogen-bond acceptors (Lipinski definition) is 3. The molecule has 138 valence electrons. The Bertz CT molecular complexity index is 711. The van der Waals surface area contributed by atoms with Crippen LogP contribution < -0.4 is 10.5 Å². The van der Waals surface area contributed by atoms with E-state index in [4.69, 9.17) is 22.1 Å². The van der Waals surface area contributed by atoms with E-state index < -0.39 is 6.10 Å². The monoisotopic (exact) mass is 372 g/mol. The van der Waals surface area contributed by atoms with E-state index in [-0.39, 0.29) is 11.9 Å². The van der Waals surface area contributed by atoms with E-state index >= 15 is 0 Å². The van der Waals surface area contributed by atoms with Gasteiger partial charge in [-0.1, -0.05) is 41.9 Å². The predicted octanol–water partition coefficient (Wildman–Crippen LogP) is 4.05. The van der Waals surface area contributed by atoms with Gasteiger partial charge in [0, 0.05) is 29.7 Å². The fraction of sp³-hybridized carbons (Fsp3) is 0.381. The molecule has 0 radical (unpaired) electrons. The first-order valence-corrected chi connectivity index (χ1v) is 9.44. The van der Waals surface area contributed by atoms with Crippen LogP contribution in [0.3, 0.4) is 0 Å². The summed E-state index contributed by atoms with van der Waals surface area (Å²) in [6.45, 7) is 3.48. The average Bonchev–Trinajstić information content (AvgIpc) is 2.68. The minimum Gasteiger partial charge on any atom is -0.476 e. The third kappa shape index (κ3) is 4.57. The minimum atomic E-state index is -0.663. The van der Waals surface area contributed by atoms with Crippen molar-refractivity contribution in [1.82, 2.24) is 4.90 Å². The molecule has 5 heteroatoms.